The number of hydrogen-bond donors (Lipinski definition) is 0. The van der Waals surface area contributed by atoms with Crippen LogP contribution in [0.3, 0.4) is 0 Å². The van der Waals surface area contributed by atoms with Crippen molar-refractivity contribution in [1.29, 1.82) is 0 Å². The summed E-state index contributed by atoms with van der Waals surface area (Å²) < 4.78 is 18.8. The summed E-state index contributed by atoms with van der Waals surface area (Å²) >= 11 is 0. The van der Waals surface area contributed by atoms with Crippen molar-refractivity contribution in [1.82, 2.24) is 14.7 Å². The Bertz CT molecular complexity index is 670. The molecule has 0 aromatic heterocycles. The molecule has 7 heteroatoms. The molecule has 2 aliphatic rings. The van der Waals surface area contributed by atoms with Crippen molar-refractivity contribution in [2.75, 3.05) is 39.8 Å². The van der Waals surface area contributed by atoms with Crippen molar-refractivity contribution in [3.8, 4) is 0 Å². The van der Waals surface area contributed by atoms with Gasteiger partial charge in [-0.05, 0) is 31.7 Å². The molecule has 2 heterocycles. The minimum absolute atomic E-state index is 0.00726. The van der Waals surface area contributed by atoms with Crippen LogP contribution >= 0.6 is 0 Å². The van der Waals surface area contributed by atoms with Gasteiger partial charge in [-0.25, -0.2) is 9.18 Å². The zero-order chi connectivity index (χ0) is 19.2. The molecule has 1 aromatic carbocycles. The van der Waals surface area contributed by atoms with Crippen LogP contribution in [0.4, 0.5) is 9.18 Å². The van der Waals surface area contributed by atoms with Gasteiger partial charge in [-0.15, -0.1) is 0 Å². The van der Waals surface area contributed by atoms with E-state index in [1.54, 1.807) is 17.0 Å². The van der Waals surface area contributed by atoms with E-state index < -0.39 is 12.1 Å². The fourth-order valence-electron chi connectivity index (χ4n) is 3.95. The molecule has 0 saturated carbocycles. The predicted molar refractivity (Wildman–Crippen MR) is 99.6 cm³/mol. The quantitative estimate of drug-likeness (QED) is 0.812. The maximum absolute atomic E-state index is 13.9. The third-order valence-corrected chi connectivity index (χ3v) is 5.45. The largest absolute Gasteiger partial charge is 0.453 e. The van der Waals surface area contributed by atoms with E-state index in [9.17, 15) is 14.0 Å². The van der Waals surface area contributed by atoms with Gasteiger partial charge in [0.15, 0.2) is 0 Å². The molecule has 2 fully saturated rings. The predicted octanol–water partition coefficient (Wildman–Crippen LogP) is 2.48. The van der Waals surface area contributed by atoms with E-state index in [2.05, 4.69) is 4.90 Å². The Kier molecular flexibility index (Phi) is 6.66. The number of amides is 2. The SMILES string of the molecule is COC(=O)N1CCCC[C@@H]1C(=O)N1CCCN(Cc2ccccc2F)CC1. The molecule has 0 unspecified atom stereocenters. The lowest BCUT2D eigenvalue weighted by Crippen LogP contribution is -2.53. The highest BCUT2D eigenvalue weighted by atomic mass is 19.1. The first-order chi connectivity index (χ1) is 13.1. The van der Waals surface area contributed by atoms with Crippen LogP contribution in [0.5, 0.6) is 0 Å². The highest BCUT2D eigenvalue weighted by Gasteiger charge is 2.35. The van der Waals surface area contributed by atoms with Gasteiger partial charge in [0.25, 0.3) is 0 Å². The van der Waals surface area contributed by atoms with Gasteiger partial charge in [-0.2, -0.15) is 0 Å². The molecule has 148 valence electrons. The molecule has 2 aliphatic heterocycles. The number of rotatable bonds is 3. The molecule has 3 rings (SSSR count). The topological polar surface area (TPSA) is 53.1 Å². The summed E-state index contributed by atoms with van der Waals surface area (Å²) in [5, 5.41) is 0. The Morgan fingerprint density at radius 3 is 2.67 bits per heavy atom. The van der Waals surface area contributed by atoms with Gasteiger partial charge in [0.05, 0.1) is 7.11 Å². The van der Waals surface area contributed by atoms with Crippen molar-refractivity contribution >= 4 is 12.0 Å². The smallest absolute Gasteiger partial charge is 0.410 e. The van der Waals surface area contributed by atoms with Crippen LogP contribution in [-0.4, -0.2) is 72.6 Å². The van der Waals surface area contributed by atoms with Crippen LogP contribution in [-0.2, 0) is 16.1 Å². The molecule has 0 N–H and O–H groups in total. The van der Waals surface area contributed by atoms with Crippen molar-refractivity contribution in [3.05, 3.63) is 35.6 Å². The molecule has 1 aromatic rings. The van der Waals surface area contributed by atoms with E-state index in [0.29, 0.717) is 44.7 Å². The number of carbonyl (C=O) groups excluding carboxylic acids is 2. The van der Waals surface area contributed by atoms with Gasteiger partial charge < -0.3 is 9.64 Å². The van der Waals surface area contributed by atoms with E-state index >= 15 is 0 Å². The van der Waals surface area contributed by atoms with E-state index in [0.717, 1.165) is 25.8 Å². The lowest BCUT2D eigenvalue weighted by atomic mass is 10.0. The highest BCUT2D eigenvalue weighted by Crippen LogP contribution is 2.21. The lowest BCUT2D eigenvalue weighted by molar-refractivity contribution is -0.137. The van der Waals surface area contributed by atoms with E-state index in [1.165, 1.54) is 13.2 Å². The first kappa shape index (κ1) is 19.6. The lowest BCUT2D eigenvalue weighted by Gasteiger charge is -2.36. The van der Waals surface area contributed by atoms with Gasteiger partial charge in [0.2, 0.25) is 5.91 Å². The van der Waals surface area contributed by atoms with E-state index in [1.807, 2.05) is 11.0 Å². The normalized spacial score (nSPS) is 21.6. The number of methoxy groups -OCH3 is 1. The first-order valence-corrected chi connectivity index (χ1v) is 9.69. The summed E-state index contributed by atoms with van der Waals surface area (Å²) in [5.74, 6) is -0.182. The standard InChI is InChI=1S/C20H28FN3O3/c1-27-20(26)24-12-5-4-9-18(24)19(25)23-11-6-10-22(13-14-23)15-16-7-2-3-8-17(16)21/h2-3,7-8,18H,4-6,9-15H2,1H3/t18-/m1/s1. The molecule has 27 heavy (non-hydrogen) atoms. The Balaban J connectivity index is 1.60. The van der Waals surface area contributed by atoms with E-state index in [-0.39, 0.29) is 11.7 Å². The third-order valence-electron chi connectivity index (χ3n) is 5.45. The van der Waals surface area contributed by atoms with Gasteiger partial charge in [-0.3, -0.25) is 14.6 Å². The van der Waals surface area contributed by atoms with Crippen LogP contribution in [0, 0.1) is 5.82 Å². The van der Waals surface area contributed by atoms with Crippen molar-refractivity contribution in [2.24, 2.45) is 0 Å². The fraction of sp³-hybridized carbons (Fsp3) is 0.600. The number of benzene rings is 1. The molecule has 2 amide bonds. The molecular weight excluding hydrogens is 349 g/mol. The van der Waals surface area contributed by atoms with Crippen LogP contribution in [0.1, 0.15) is 31.2 Å². The van der Waals surface area contributed by atoms with Crippen LogP contribution in [0.15, 0.2) is 24.3 Å². The van der Waals surface area contributed by atoms with Gasteiger partial charge >= 0.3 is 6.09 Å². The van der Waals surface area contributed by atoms with Crippen LogP contribution < -0.4 is 0 Å². The number of hydrogen-bond acceptors (Lipinski definition) is 4. The molecule has 2 saturated heterocycles. The molecule has 0 aliphatic carbocycles. The number of carbonyl (C=O) groups is 2. The monoisotopic (exact) mass is 377 g/mol. The summed E-state index contributed by atoms with van der Waals surface area (Å²) in [6.07, 6.45) is 2.94. The number of nitrogens with zero attached hydrogens (tertiary/aromatic N) is 3. The third kappa shape index (κ3) is 4.77. The maximum Gasteiger partial charge on any atom is 0.410 e. The zero-order valence-corrected chi connectivity index (χ0v) is 15.9. The number of piperidine rings is 1. The second kappa shape index (κ2) is 9.17. The maximum atomic E-state index is 13.9. The minimum Gasteiger partial charge on any atom is -0.453 e. The first-order valence-electron chi connectivity index (χ1n) is 9.69. The fourth-order valence-corrected chi connectivity index (χ4v) is 3.95. The van der Waals surface area contributed by atoms with Crippen molar-refractivity contribution in [2.45, 2.75) is 38.3 Å². The Morgan fingerprint density at radius 2 is 1.89 bits per heavy atom. The Morgan fingerprint density at radius 1 is 1.07 bits per heavy atom. The van der Waals surface area contributed by atoms with Crippen LogP contribution in [0.2, 0.25) is 0 Å². The van der Waals surface area contributed by atoms with Crippen molar-refractivity contribution < 1.29 is 18.7 Å². The highest BCUT2D eigenvalue weighted by molar-refractivity contribution is 5.86. The molecular formula is C20H28FN3O3. The summed E-state index contributed by atoms with van der Waals surface area (Å²) in [6, 6.07) is 6.40. The molecule has 0 radical (unpaired) electrons. The molecule has 0 spiro atoms. The summed E-state index contributed by atoms with van der Waals surface area (Å²) in [4.78, 5) is 30.7. The average molecular weight is 377 g/mol. The van der Waals surface area contributed by atoms with Crippen LogP contribution in [0.25, 0.3) is 0 Å². The minimum atomic E-state index is -0.427. The summed E-state index contributed by atoms with van der Waals surface area (Å²) in [6.45, 7) is 3.90. The zero-order valence-electron chi connectivity index (χ0n) is 15.9. The number of ether oxygens (including phenoxy) is 1. The second-order valence-electron chi connectivity index (χ2n) is 7.22. The summed E-state index contributed by atoms with van der Waals surface area (Å²) in [5.41, 5.74) is 0.682. The Labute approximate surface area is 159 Å². The Hall–Kier alpha value is -2.15. The van der Waals surface area contributed by atoms with Gasteiger partial charge in [-0.1, -0.05) is 18.2 Å². The molecule has 0 bridgehead atoms. The molecule has 1 atom stereocenters. The van der Waals surface area contributed by atoms with Gasteiger partial charge in [0, 0.05) is 44.8 Å². The molecule has 6 nitrogen and oxygen atoms in total. The average Bonchev–Trinajstić information content (AvgIpc) is 2.94. The van der Waals surface area contributed by atoms with Gasteiger partial charge in [0.1, 0.15) is 11.9 Å². The van der Waals surface area contributed by atoms with Crippen molar-refractivity contribution in [3.63, 3.8) is 0 Å². The number of likely N-dealkylation sites (tertiary alicyclic amines) is 1. The number of halogens is 1. The summed E-state index contributed by atoms with van der Waals surface area (Å²) in [7, 11) is 1.35. The van der Waals surface area contributed by atoms with E-state index in [4.69, 9.17) is 4.74 Å². The second-order valence-corrected chi connectivity index (χ2v) is 7.22.